The van der Waals surface area contributed by atoms with Crippen LogP contribution >= 0.6 is 9.70 Å². The van der Waals surface area contributed by atoms with Gasteiger partial charge in [0, 0.05) is 0 Å². The molecule has 0 fully saturated rings. The van der Waals surface area contributed by atoms with Gasteiger partial charge in [-0.25, -0.2) is 0 Å². The molecule has 0 amide bonds. The van der Waals surface area contributed by atoms with E-state index in [1.54, 1.807) is 30.5 Å². The van der Waals surface area contributed by atoms with E-state index in [4.69, 9.17) is 0 Å². The summed E-state index contributed by atoms with van der Waals surface area (Å²) < 4.78 is 3.45. The Bertz CT molecular complexity index is 1010. The Kier molecular flexibility index (Phi) is 9.70. The Morgan fingerprint density at radius 3 is 0.718 bits per heavy atom. The predicted molar refractivity (Wildman–Crippen MR) is 184 cm³/mol. The van der Waals surface area contributed by atoms with Crippen LogP contribution in [-0.4, -0.2) is 21.2 Å². The Labute approximate surface area is 252 Å². The topological polar surface area (TPSA) is 0 Å². The van der Waals surface area contributed by atoms with Gasteiger partial charge in [-0.3, -0.25) is 0 Å². The first-order valence-electron chi connectivity index (χ1n) is 15.0. The number of hydrogen-bond acceptors (Lipinski definition) is 1. The van der Waals surface area contributed by atoms with E-state index in [9.17, 15) is 0 Å². The molecule has 2 heteroatoms. The van der Waals surface area contributed by atoms with Crippen LogP contribution in [-0.2, 0) is 32.5 Å². The molecule has 0 heterocycles. The molecule has 0 aliphatic rings. The molecule has 0 unspecified atom stereocenters. The molecule has 0 radical (unpaired) electrons. The second-order valence-corrected chi connectivity index (χ2v) is 28.0. The molecule has 0 atom stereocenters. The Balaban J connectivity index is 3.29. The Hall–Kier alpha value is -0.574. The molecule has 0 saturated heterocycles. The second kappa shape index (κ2) is 10.9. The summed E-state index contributed by atoms with van der Waals surface area (Å²) in [7, 11) is 2.21. The zero-order chi connectivity index (χ0) is 30.7. The maximum absolute atomic E-state index is 2.59. The fourth-order valence-corrected chi connectivity index (χ4v) is 19.0. The van der Waals surface area contributed by atoms with Crippen LogP contribution in [0.15, 0.2) is 24.3 Å². The molecule has 0 aromatic heterocycles. The van der Waals surface area contributed by atoms with E-state index >= 15 is 0 Å². The molecule has 0 bridgehead atoms. The summed E-state index contributed by atoms with van der Waals surface area (Å²) in [4.78, 5) is 0. The molecule has 218 valence electrons. The summed E-state index contributed by atoms with van der Waals surface area (Å²) in [5.74, 6) is 0. The number of benzene rings is 2. The van der Waals surface area contributed by atoms with Crippen molar-refractivity contribution in [2.24, 2.45) is 0 Å². The van der Waals surface area contributed by atoms with Crippen molar-refractivity contribution in [1.82, 2.24) is 0 Å². The van der Waals surface area contributed by atoms with Gasteiger partial charge in [0.2, 0.25) is 0 Å². The summed E-state index contributed by atoms with van der Waals surface area (Å²) in [5, 5.41) is 0. The van der Waals surface area contributed by atoms with Crippen LogP contribution in [0, 0.1) is 0 Å². The van der Waals surface area contributed by atoms with Gasteiger partial charge in [-0.1, -0.05) is 0 Å². The van der Waals surface area contributed by atoms with Crippen molar-refractivity contribution in [2.75, 3.05) is 6.26 Å². The number of rotatable bonds is 3. The molecular weight excluding hydrogens is 546 g/mol. The van der Waals surface area contributed by atoms with Crippen molar-refractivity contribution in [1.29, 1.82) is 0 Å². The number of hydrogen-bond donors (Lipinski definition) is 0. The summed E-state index contributed by atoms with van der Waals surface area (Å²) >= 11 is -2.41. The predicted octanol–water partition coefficient (Wildman–Crippen LogP) is 9.94. The maximum atomic E-state index is 2.59. The van der Waals surface area contributed by atoms with E-state index < -0.39 is 15.0 Å². The van der Waals surface area contributed by atoms with Gasteiger partial charge in [0.15, 0.2) is 0 Å². The molecule has 0 N–H and O–H groups in total. The van der Waals surface area contributed by atoms with Crippen LogP contribution in [0.25, 0.3) is 0 Å². The van der Waals surface area contributed by atoms with Gasteiger partial charge in [0.05, 0.1) is 0 Å². The molecule has 0 aliphatic carbocycles. The van der Waals surface area contributed by atoms with Crippen LogP contribution in [0.5, 0.6) is 0 Å². The Morgan fingerprint density at radius 1 is 0.385 bits per heavy atom. The SMILES string of the molecule is C[S][Ga]([c]1c(C(C)(C)C)cc(C(C)(C)C)cc1C(C)(C)C)[c]1c(C(C)(C)C)cc(C(C)(C)C)cc1C(C)(C)C. The zero-order valence-electron chi connectivity index (χ0n) is 29.3. The molecular formula is C37H61GaS. The van der Waals surface area contributed by atoms with E-state index in [-0.39, 0.29) is 32.5 Å². The molecule has 0 aliphatic heterocycles. The molecule has 2 aromatic carbocycles. The van der Waals surface area contributed by atoms with Crippen molar-refractivity contribution in [2.45, 2.75) is 157 Å². The van der Waals surface area contributed by atoms with Gasteiger partial charge < -0.3 is 0 Å². The summed E-state index contributed by atoms with van der Waals surface area (Å²) in [6.07, 6.45) is 2.41. The summed E-state index contributed by atoms with van der Waals surface area (Å²) in [6.45, 7) is 43.4. The Morgan fingerprint density at radius 2 is 0.590 bits per heavy atom. The van der Waals surface area contributed by atoms with E-state index in [0.29, 0.717) is 0 Å². The third-order valence-corrected chi connectivity index (χ3v) is 18.8. The fraction of sp³-hybridized carbons (Fsp3) is 0.676. The standard InChI is InChI=1S/2C18H29.CH4S.Ga/c2*1-16(2,3)13-10-14(17(4,5)6)12-15(11-13)18(7,8)9;1-2;/h2*10-11H,1-9H3;2H,1H3;/q;;;+1/p-1. The molecule has 2 aromatic rings. The van der Waals surface area contributed by atoms with Gasteiger partial charge in [0.25, 0.3) is 0 Å². The van der Waals surface area contributed by atoms with Crippen LogP contribution in [0.2, 0.25) is 0 Å². The third-order valence-electron chi connectivity index (χ3n) is 8.08. The third kappa shape index (κ3) is 7.84. The van der Waals surface area contributed by atoms with Crippen LogP contribution in [0.3, 0.4) is 0 Å². The van der Waals surface area contributed by atoms with Crippen molar-refractivity contribution in [3.63, 3.8) is 0 Å². The molecule has 0 nitrogen and oxygen atoms in total. The van der Waals surface area contributed by atoms with E-state index in [0.717, 1.165) is 0 Å². The summed E-state index contributed by atoms with van der Waals surface area (Å²) in [6, 6.07) is 10.4. The molecule has 0 saturated carbocycles. The van der Waals surface area contributed by atoms with Crippen LogP contribution in [0.1, 0.15) is 158 Å². The second-order valence-electron chi connectivity index (χ2n) is 18.1. The molecule has 0 spiro atoms. The van der Waals surface area contributed by atoms with Crippen molar-refractivity contribution >= 4 is 32.9 Å². The van der Waals surface area contributed by atoms with E-state index in [1.165, 1.54) is 11.1 Å². The van der Waals surface area contributed by atoms with E-state index in [1.807, 2.05) is 0 Å². The minimum atomic E-state index is -2.41. The first-order valence-corrected chi connectivity index (χ1v) is 21.7. The van der Waals surface area contributed by atoms with Crippen molar-refractivity contribution in [3.05, 3.63) is 57.6 Å². The first kappa shape index (κ1) is 34.6. The van der Waals surface area contributed by atoms with Gasteiger partial charge >= 0.3 is 254 Å². The molecule has 39 heavy (non-hydrogen) atoms. The quantitative estimate of drug-likeness (QED) is 0.313. The van der Waals surface area contributed by atoms with Gasteiger partial charge in [-0.15, -0.1) is 0 Å². The average Bonchev–Trinajstić information content (AvgIpc) is 2.69. The van der Waals surface area contributed by atoms with Crippen molar-refractivity contribution < 1.29 is 0 Å². The normalized spacial score (nSPS) is 14.1. The average molecular weight is 608 g/mol. The van der Waals surface area contributed by atoms with Gasteiger partial charge in [-0.2, -0.15) is 0 Å². The summed E-state index contributed by atoms with van der Waals surface area (Å²) in [5.41, 5.74) is 9.79. The van der Waals surface area contributed by atoms with Crippen molar-refractivity contribution in [3.8, 4) is 0 Å². The zero-order valence-corrected chi connectivity index (χ0v) is 32.5. The van der Waals surface area contributed by atoms with Crippen LogP contribution < -0.4 is 8.24 Å². The monoisotopic (exact) mass is 606 g/mol. The van der Waals surface area contributed by atoms with Crippen LogP contribution in [0.4, 0.5) is 0 Å². The van der Waals surface area contributed by atoms with E-state index in [2.05, 4.69) is 165 Å². The molecule has 2 rings (SSSR count). The van der Waals surface area contributed by atoms with Gasteiger partial charge in [-0.05, 0) is 0 Å². The fourth-order valence-electron chi connectivity index (χ4n) is 5.60. The van der Waals surface area contributed by atoms with Gasteiger partial charge in [0.1, 0.15) is 0 Å². The minimum absolute atomic E-state index is 0.0744. The first-order chi connectivity index (χ1) is 17.1.